The third kappa shape index (κ3) is 3.79. The summed E-state index contributed by atoms with van der Waals surface area (Å²) in [6.07, 6.45) is 1.22. The molecule has 0 radical (unpaired) electrons. The Balaban J connectivity index is 1.71. The predicted molar refractivity (Wildman–Crippen MR) is 105 cm³/mol. The van der Waals surface area contributed by atoms with Gasteiger partial charge >= 0.3 is 0 Å². The third-order valence-electron chi connectivity index (χ3n) is 4.99. The average Bonchev–Trinajstić information content (AvgIpc) is 3.04. The molecule has 1 saturated heterocycles. The first-order chi connectivity index (χ1) is 12.5. The van der Waals surface area contributed by atoms with Crippen LogP contribution >= 0.6 is 0 Å². The summed E-state index contributed by atoms with van der Waals surface area (Å²) in [5.41, 5.74) is 4.05. The highest BCUT2D eigenvalue weighted by atomic mass is 16.2. The van der Waals surface area contributed by atoms with Crippen LogP contribution < -0.4 is 10.2 Å². The molecule has 136 valence electrons. The molecular weight excluding hydrogens is 324 g/mol. The second-order valence-electron chi connectivity index (χ2n) is 7.16. The Hall–Kier alpha value is -2.62. The number of aryl methyl sites for hydroxylation is 1. The summed E-state index contributed by atoms with van der Waals surface area (Å²) in [6.45, 7) is 6.74. The number of carbonyl (C=O) groups excluding carboxylic acids is 2. The fourth-order valence-corrected chi connectivity index (χ4v) is 3.39. The molecule has 4 nitrogen and oxygen atoms in total. The van der Waals surface area contributed by atoms with Gasteiger partial charge in [0.15, 0.2) is 0 Å². The second kappa shape index (κ2) is 7.73. The summed E-state index contributed by atoms with van der Waals surface area (Å²) < 4.78 is 0. The van der Waals surface area contributed by atoms with Gasteiger partial charge in [-0.2, -0.15) is 0 Å². The molecule has 0 aliphatic carbocycles. The zero-order valence-electron chi connectivity index (χ0n) is 15.7. The van der Waals surface area contributed by atoms with Gasteiger partial charge in [-0.3, -0.25) is 9.59 Å². The van der Waals surface area contributed by atoms with Crippen LogP contribution in [0.1, 0.15) is 44.2 Å². The van der Waals surface area contributed by atoms with Crippen molar-refractivity contribution in [1.82, 2.24) is 0 Å². The van der Waals surface area contributed by atoms with Gasteiger partial charge < -0.3 is 10.2 Å². The lowest BCUT2D eigenvalue weighted by Crippen LogP contribution is -2.28. The van der Waals surface area contributed by atoms with E-state index in [-0.39, 0.29) is 24.2 Å². The molecule has 1 heterocycles. The van der Waals surface area contributed by atoms with Crippen LogP contribution in [-0.4, -0.2) is 18.4 Å². The molecule has 2 aromatic carbocycles. The number of nitrogens with zero attached hydrogens (tertiary/aromatic N) is 1. The first-order valence-corrected chi connectivity index (χ1v) is 9.28. The molecule has 1 aliphatic rings. The van der Waals surface area contributed by atoms with Crippen LogP contribution in [0.25, 0.3) is 0 Å². The van der Waals surface area contributed by atoms with E-state index in [0.29, 0.717) is 12.5 Å². The van der Waals surface area contributed by atoms with E-state index >= 15 is 0 Å². The minimum atomic E-state index is -0.325. The third-order valence-corrected chi connectivity index (χ3v) is 4.99. The fourth-order valence-electron chi connectivity index (χ4n) is 3.39. The molecule has 2 aromatic rings. The van der Waals surface area contributed by atoms with Crippen molar-refractivity contribution in [3.63, 3.8) is 0 Å². The van der Waals surface area contributed by atoms with Crippen molar-refractivity contribution in [3.8, 4) is 0 Å². The molecule has 26 heavy (non-hydrogen) atoms. The number of hydrogen-bond donors (Lipinski definition) is 1. The molecule has 1 N–H and O–H groups in total. The Kier molecular flexibility index (Phi) is 5.40. The lowest BCUT2D eigenvalue weighted by atomic mass is 10.0. The number of anilines is 2. The summed E-state index contributed by atoms with van der Waals surface area (Å²) in [4.78, 5) is 26.9. The van der Waals surface area contributed by atoms with Crippen LogP contribution in [0.5, 0.6) is 0 Å². The van der Waals surface area contributed by atoms with E-state index in [2.05, 4.69) is 26.1 Å². The Labute approximate surface area is 155 Å². The van der Waals surface area contributed by atoms with Gasteiger partial charge in [-0.1, -0.05) is 51.1 Å². The standard InChI is InChI=1S/C22H26N2O2/c1-4-16-9-11-18(12-10-16)24-14-17(13-21(24)25)22(26)23-20-8-6-5-7-19(20)15(2)3/h5-12,15,17H,4,13-14H2,1-3H3,(H,23,26)/t17-/m1/s1. The van der Waals surface area contributed by atoms with Crippen molar-refractivity contribution in [2.75, 3.05) is 16.8 Å². The highest BCUT2D eigenvalue weighted by Crippen LogP contribution is 2.28. The van der Waals surface area contributed by atoms with E-state index < -0.39 is 0 Å². The topological polar surface area (TPSA) is 49.4 Å². The van der Waals surface area contributed by atoms with Crippen LogP contribution in [0, 0.1) is 5.92 Å². The average molecular weight is 350 g/mol. The normalized spacial score (nSPS) is 17.0. The van der Waals surface area contributed by atoms with E-state index in [1.807, 2.05) is 48.5 Å². The number of hydrogen-bond acceptors (Lipinski definition) is 2. The quantitative estimate of drug-likeness (QED) is 0.871. The van der Waals surface area contributed by atoms with Crippen LogP contribution in [-0.2, 0) is 16.0 Å². The van der Waals surface area contributed by atoms with Gasteiger partial charge in [0.25, 0.3) is 0 Å². The molecule has 0 spiro atoms. The van der Waals surface area contributed by atoms with Crippen LogP contribution in [0.2, 0.25) is 0 Å². The van der Waals surface area contributed by atoms with Gasteiger partial charge in [0, 0.05) is 24.3 Å². The highest BCUT2D eigenvalue weighted by molar-refractivity contribution is 6.03. The van der Waals surface area contributed by atoms with Gasteiger partial charge in [-0.25, -0.2) is 0 Å². The van der Waals surface area contributed by atoms with Gasteiger partial charge in [-0.05, 0) is 41.7 Å². The van der Waals surface area contributed by atoms with Crippen molar-refractivity contribution in [3.05, 3.63) is 59.7 Å². The highest BCUT2D eigenvalue weighted by Gasteiger charge is 2.35. The van der Waals surface area contributed by atoms with Gasteiger partial charge in [0.05, 0.1) is 5.92 Å². The predicted octanol–water partition coefficient (Wildman–Crippen LogP) is 4.36. The smallest absolute Gasteiger partial charge is 0.229 e. The molecule has 1 aliphatic heterocycles. The molecule has 0 unspecified atom stereocenters. The molecule has 0 saturated carbocycles. The number of carbonyl (C=O) groups is 2. The first-order valence-electron chi connectivity index (χ1n) is 9.28. The summed E-state index contributed by atoms with van der Waals surface area (Å²) in [7, 11) is 0. The molecule has 0 bridgehead atoms. The zero-order valence-corrected chi connectivity index (χ0v) is 15.7. The van der Waals surface area contributed by atoms with Gasteiger partial charge in [-0.15, -0.1) is 0 Å². The summed E-state index contributed by atoms with van der Waals surface area (Å²) >= 11 is 0. The first kappa shape index (κ1) is 18.2. The van der Waals surface area contributed by atoms with Gasteiger partial charge in [0.1, 0.15) is 0 Å². The molecular formula is C22H26N2O2. The second-order valence-corrected chi connectivity index (χ2v) is 7.16. The Bertz CT molecular complexity index is 796. The number of para-hydroxylation sites is 1. The Morgan fingerprint density at radius 2 is 1.85 bits per heavy atom. The zero-order chi connectivity index (χ0) is 18.7. The number of rotatable bonds is 5. The summed E-state index contributed by atoms with van der Waals surface area (Å²) in [5.74, 6) is -0.0791. The number of benzene rings is 2. The minimum absolute atomic E-state index is 0.00606. The van der Waals surface area contributed by atoms with E-state index in [4.69, 9.17) is 0 Å². The Morgan fingerprint density at radius 1 is 1.15 bits per heavy atom. The van der Waals surface area contributed by atoms with E-state index in [1.54, 1.807) is 4.90 Å². The van der Waals surface area contributed by atoms with Crippen molar-refractivity contribution in [2.45, 2.75) is 39.5 Å². The molecule has 3 rings (SSSR count). The lowest BCUT2D eigenvalue weighted by Gasteiger charge is -2.18. The molecule has 2 amide bonds. The van der Waals surface area contributed by atoms with E-state index in [9.17, 15) is 9.59 Å². The molecule has 0 aromatic heterocycles. The maximum atomic E-state index is 12.7. The van der Waals surface area contributed by atoms with Crippen molar-refractivity contribution >= 4 is 23.2 Å². The number of amides is 2. The van der Waals surface area contributed by atoms with Crippen LogP contribution in [0.4, 0.5) is 11.4 Å². The van der Waals surface area contributed by atoms with Crippen LogP contribution in [0.3, 0.4) is 0 Å². The van der Waals surface area contributed by atoms with Crippen LogP contribution in [0.15, 0.2) is 48.5 Å². The van der Waals surface area contributed by atoms with Gasteiger partial charge in [0.2, 0.25) is 11.8 Å². The SMILES string of the molecule is CCc1ccc(N2C[C@H](C(=O)Nc3ccccc3C(C)C)CC2=O)cc1. The van der Waals surface area contributed by atoms with E-state index in [0.717, 1.165) is 23.4 Å². The van der Waals surface area contributed by atoms with Crippen molar-refractivity contribution in [2.24, 2.45) is 5.92 Å². The fraction of sp³-hybridized carbons (Fsp3) is 0.364. The number of nitrogens with one attached hydrogen (secondary N) is 1. The van der Waals surface area contributed by atoms with Crippen molar-refractivity contribution in [1.29, 1.82) is 0 Å². The monoisotopic (exact) mass is 350 g/mol. The maximum Gasteiger partial charge on any atom is 0.229 e. The largest absolute Gasteiger partial charge is 0.326 e. The molecule has 1 atom stereocenters. The minimum Gasteiger partial charge on any atom is -0.326 e. The van der Waals surface area contributed by atoms with E-state index in [1.165, 1.54) is 5.56 Å². The summed E-state index contributed by atoms with van der Waals surface area (Å²) in [5, 5.41) is 3.03. The van der Waals surface area contributed by atoms with Crippen molar-refractivity contribution < 1.29 is 9.59 Å². The Morgan fingerprint density at radius 3 is 2.50 bits per heavy atom. The molecule has 4 heteroatoms. The summed E-state index contributed by atoms with van der Waals surface area (Å²) in [6, 6.07) is 15.8. The lowest BCUT2D eigenvalue weighted by molar-refractivity contribution is -0.122. The maximum absolute atomic E-state index is 12.7. The molecule has 1 fully saturated rings.